The maximum atomic E-state index is 13.1. The van der Waals surface area contributed by atoms with E-state index in [2.05, 4.69) is 113 Å². The van der Waals surface area contributed by atoms with Crippen LogP contribution in [0.25, 0.3) is 114 Å². The molecule has 4 aliphatic heterocycles. The van der Waals surface area contributed by atoms with E-state index in [0.717, 1.165) is 127 Å². The second kappa shape index (κ2) is 38.7. The van der Waals surface area contributed by atoms with Crippen molar-refractivity contribution in [2.45, 2.75) is 142 Å². The molecule has 38 nitrogen and oxygen atoms in total. The lowest BCUT2D eigenvalue weighted by molar-refractivity contribution is 0.0690. The number of hydrogen-bond donors (Lipinski definition) is 6. The normalized spacial score (nSPS) is 16.6. The van der Waals surface area contributed by atoms with E-state index in [0.29, 0.717) is 107 Å². The number of pyridine rings is 4. The molecule has 4 atom stereocenters. The minimum atomic E-state index is -1.26. The first-order valence-electron chi connectivity index (χ1n) is 42.8. The fourth-order valence-electron chi connectivity index (χ4n) is 16.9. The number of aromatic carboxylic acids is 1. The van der Waals surface area contributed by atoms with Crippen molar-refractivity contribution in [3.63, 3.8) is 0 Å². The number of rotatable bonds is 22. The number of nitrogens with two attached hydrogens (primary N) is 5. The first kappa shape index (κ1) is 87.9. The molecule has 0 saturated carbocycles. The van der Waals surface area contributed by atoms with Gasteiger partial charge in [0.05, 0.1) is 24.8 Å². The Bertz CT molecular complexity index is 6230. The van der Waals surface area contributed by atoms with Crippen LogP contribution in [0.3, 0.4) is 0 Å². The molecule has 4 unspecified atom stereocenters. The molecule has 20 rings (SSSR count). The number of fused-ring (bicyclic) bond motifs is 4. The number of hydrogen-bond acceptors (Lipinski definition) is 33. The molecule has 11 N–H and O–H groups in total. The molecule has 0 amide bonds. The zero-order valence-electron chi connectivity index (χ0n) is 72.9. The lowest BCUT2D eigenvalue weighted by Gasteiger charge is -2.18. The molecule has 0 radical (unpaired) electrons. The van der Waals surface area contributed by atoms with Gasteiger partial charge in [0.15, 0.2) is 69.1 Å². The lowest BCUT2D eigenvalue weighted by Crippen LogP contribution is -2.31. The average Bonchev–Trinajstić information content (AvgIpc) is 1.71. The highest BCUT2D eigenvalue weighted by Gasteiger charge is 2.32. The number of aromatic nitrogens is 20. The predicted molar refractivity (Wildman–Crippen MR) is 483 cm³/mol. The smallest absolute Gasteiger partial charge is 0.358 e. The molecule has 4 saturated heterocycles. The summed E-state index contributed by atoms with van der Waals surface area (Å²) in [4.78, 5) is 130. The first-order chi connectivity index (χ1) is 62.4. The average molecular weight is 1750 g/mol. The predicted octanol–water partition coefficient (Wildman–Crippen LogP) is 12.3. The molecular weight excluding hydrogens is 1640 g/mol. The minimum absolute atomic E-state index is 0.0895. The molecule has 20 heterocycles. The minimum Gasteiger partial charge on any atom is -0.476 e. The van der Waals surface area contributed by atoms with Crippen molar-refractivity contribution >= 4 is 69.2 Å². The van der Waals surface area contributed by atoms with Gasteiger partial charge >= 0.3 is 5.97 Å². The van der Waals surface area contributed by atoms with Crippen molar-refractivity contribution in [3.8, 4) is 91.4 Å². The summed E-state index contributed by atoms with van der Waals surface area (Å²) in [5.41, 5.74) is 43.4. The van der Waals surface area contributed by atoms with Gasteiger partial charge in [-0.25, -0.2) is 84.5 Å². The second-order valence-electron chi connectivity index (χ2n) is 32.7. The van der Waals surface area contributed by atoms with E-state index < -0.39 is 5.97 Å². The van der Waals surface area contributed by atoms with Crippen LogP contribution in [0.1, 0.15) is 155 Å². The molecule has 664 valence electrons. The summed E-state index contributed by atoms with van der Waals surface area (Å²) >= 11 is 0. The first-order valence-corrected chi connectivity index (χ1v) is 42.8. The Hall–Kier alpha value is -14.6. The van der Waals surface area contributed by atoms with Gasteiger partial charge in [-0.2, -0.15) is 0 Å². The number of carboxylic acids is 1. The molecule has 129 heavy (non-hydrogen) atoms. The summed E-state index contributed by atoms with van der Waals surface area (Å²) in [6, 6.07) is 16.9. The number of likely N-dealkylation sites (tertiary alicyclic amines) is 4. The highest BCUT2D eigenvalue weighted by Crippen LogP contribution is 2.38. The highest BCUT2D eigenvalue weighted by molar-refractivity contribution is 6.01. The number of Topliss-reactive ketones (excluding diaryl/α,β-unsaturated/α-hetero) is 3. The van der Waals surface area contributed by atoms with Gasteiger partial charge in [-0.1, -0.05) is 0 Å². The zero-order chi connectivity index (χ0) is 90.3. The molecule has 16 aromatic rings. The molecule has 0 spiro atoms. The highest BCUT2D eigenvalue weighted by atomic mass is 16.4. The van der Waals surface area contributed by atoms with Gasteiger partial charge in [0, 0.05) is 145 Å². The number of nitrogens with zero attached hydrogens (tertiary/aromatic N) is 24. The Labute approximate surface area is 740 Å². The fourth-order valence-corrected chi connectivity index (χ4v) is 16.9. The van der Waals surface area contributed by atoms with Crippen LogP contribution < -0.4 is 28.7 Å². The summed E-state index contributed by atoms with van der Waals surface area (Å²) in [5.74, 6) is -0.399. The number of carboxylic acid groups (broad SMARTS) is 1. The van der Waals surface area contributed by atoms with Gasteiger partial charge in [0.1, 0.15) is 87.5 Å². The summed E-state index contributed by atoms with van der Waals surface area (Å²) in [6.07, 6.45) is 39.6. The Morgan fingerprint density at radius 2 is 0.597 bits per heavy atom. The van der Waals surface area contributed by atoms with E-state index in [1.54, 1.807) is 43.1 Å². The number of carbonyl (C=O) groups is 4. The Morgan fingerprint density at radius 1 is 0.349 bits per heavy atom. The lowest BCUT2D eigenvalue weighted by atomic mass is 10.0. The maximum Gasteiger partial charge on any atom is 0.358 e. The van der Waals surface area contributed by atoms with Crippen LogP contribution in [-0.4, -0.2) is 230 Å². The van der Waals surface area contributed by atoms with Gasteiger partial charge in [-0.3, -0.25) is 14.4 Å². The summed E-state index contributed by atoms with van der Waals surface area (Å²) in [6.45, 7) is 13.1. The standard InChI is InChI=1S/3C23H25N7O2.C16H12N6O3.C6H14N2/c3*1-14-12-26-18-8-5-15(13-30(14)18)19-21(23-25-9-11-32-23)28-22(24)20(27-19)17(31)7-6-16-4-3-10-29(16)2;1-8-6-19-10-3-2-9(7-22(8)10)11-12(15-18-4-5-25-15)21-14(17)13(20-11)16(23)24;1-8-4-2-3-6(8)5-7/h3*5,8-9,11-13,16H,3-4,6-7,10H2,1-2H3,(H2,24,28);2-7H,1H3,(H2,17,21)(H,23,24);6H,2-5,7H2,1H3. The molecule has 0 aromatic carbocycles. The fraction of sp³-hybridized carbons (Fsp3) is 0.341. The van der Waals surface area contributed by atoms with Crippen molar-refractivity contribution in [2.24, 2.45) is 5.73 Å². The number of ketones is 3. The number of oxazole rings is 4. The van der Waals surface area contributed by atoms with Crippen molar-refractivity contribution in [1.29, 1.82) is 0 Å². The summed E-state index contributed by atoms with van der Waals surface area (Å²) < 4.78 is 29.5. The SMILES string of the molecule is CN1CCCC1CN.Cc1cnc2ccc(-c3nc(C(=O)CCC4CCCN4C)c(N)nc3-c3ncco3)cn12.Cc1cnc2ccc(-c3nc(C(=O)CCC4CCCN4C)c(N)nc3-c3ncco3)cn12.Cc1cnc2ccc(-c3nc(C(=O)CCC4CCCN4C)c(N)nc3-c3ncco3)cn12.Cc1cnc2ccc(-c3nc(C(=O)O)c(N)nc3-c3ncco3)cn12. The monoisotopic (exact) mass is 1740 g/mol. The van der Waals surface area contributed by atoms with Gasteiger partial charge in [-0.15, -0.1) is 0 Å². The third-order valence-corrected chi connectivity index (χ3v) is 24.2. The van der Waals surface area contributed by atoms with Crippen LogP contribution in [0.2, 0.25) is 0 Å². The van der Waals surface area contributed by atoms with E-state index >= 15 is 0 Å². The van der Waals surface area contributed by atoms with E-state index in [4.69, 9.17) is 61.3 Å². The van der Waals surface area contributed by atoms with Crippen molar-refractivity contribution in [2.75, 3.05) is 83.8 Å². The van der Waals surface area contributed by atoms with Crippen LogP contribution in [0.15, 0.2) is 166 Å². The summed E-state index contributed by atoms with van der Waals surface area (Å²) in [5, 5.41) is 9.30. The third kappa shape index (κ3) is 19.2. The van der Waals surface area contributed by atoms with E-state index in [1.165, 1.54) is 88.5 Å². The van der Waals surface area contributed by atoms with Gasteiger partial charge in [-0.05, 0) is 201 Å². The van der Waals surface area contributed by atoms with Crippen molar-refractivity contribution in [1.82, 2.24) is 117 Å². The second-order valence-corrected chi connectivity index (χ2v) is 32.7. The van der Waals surface area contributed by atoms with E-state index in [-0.39, 0.29) is 75.0 Å². The molecule has 38 heteroatoms. The van der Waals surface area contributed by atoms with Gasteiger partial charge < -0.3 is 88.6 Å². The molecule has 16 aromatic heterocycles. The summed E-state index contributed by atoms with van der Waals surface area (Å²) in [7, 11) is 8.46. The van der Waals surface area contributed by atoms with Crippen LogP contribution in [0.4, 0.5) is 23.3 Å². The Kier molecular flexibility index (Phi) is 26.4. The van der Waals surface area contributed by atoms with Crippen LogP contribution in [0.5, 0.6) is 0 Å². The number of aryl methyl sites for hydroxylation is 4. The third-order valence-electron chi connectivity index (χ3n) is 24.2. The van der Waals surface area contributed by atoms with E-state index in [1.807, 2.05) is 100 Å². The largest absolute Gasteiger partial charge is 0.476 e. The number of nitrogen functional groups attached to an aromatic ring is 4. The van der Waals surface area contributed by atoms with Crippen LogP contribution >= 0.6 is 0 Å². The Morgan fingerprint density at radius 3 is 0.814 bits per heavy atom. The topological polar surface area (TPSA) is 508 Å². The molecule has 0 bridgehead atoms. The number of likely N-dealkylation sites (N-methyl/N-ethyl adjacent to an activating group) is 1. The zero-order valence-corrected chi connectivity index (χ0v) is 72.9. The van der Waals surface area contributed by atoms with Crippen LogP contribution in [0, 0.1) is 27.7 Å². The number of anilines is 4. The number of imidazole rings is 4. The van der Waals surface area contributed by atoms with E-state index in [9.17, 15) is 24.3 Å². The molecule has 4 fully saturated rings. The number of carbonyl (C=O) groups excluding carboxylic acids is 3. The quantitative estimate of drug-likeness (QED) is 0.0343. The van der Waals surface area contributed by atoms with Crippen LogP contribution in [-0.2, 0) is 0 Å². The Balaban J connectivity index is 0.000000123. The molecular formula is C91H101N29O9. The van der Waals surface area contributed by atoms with Crippen molar-refractivity contribution in [3.05, 3.63) is 193 Å². The van der Waals surface area contributed by atoms with Gasteiger partial charge in [0.2, 0.25) is 23.6 Å². The van der Waals surface area contributed by atoms with Crippen molar-refractivity contribution < 1.29 is 42.0 Å². The maximum absolute atomic E-state index is 13.1. The van der Waals surface area contributed by atoms with Gasteiger partial charge in [0.25, 0.3) is 0 Å². The molecule has 4 aliphatic rings. The molecule has 0 aliphatic carbocycles.